The number of nitrogens with one attached hydrogen (secondary N) is 1. The van der Waals surface area contributed by atoms with Crippen molar-refractivity contribution in [1.82, 2.24) is 10.3 Å². The highest BCUT2D eigenvalue weighted by atomic mass is 16.5. The summed E-state index contributed by atoms with van der Waals surface area (Å²) in [6.45, 7) is -0.164. The van der Waals surface area contributed by atoms with Gasteiger partial charge in [-0.2, -0.15) is 0 Å². The maximum absolute atomic E-state index is 11.6. The van der Waals surface area contributed by atoms with Gasteiger partial charge in [-0.25, -0.2) is 0 Å². The highest BCUT2D eigenvalue weighted by molar-refractivity contribution is 5.88. The van der Waals surface area contributed by atoms with E-state index in [2.05, 4.69) is 10.3 Å². The number of aromatic nitrogens is 1. The van der Waals surface area contributed by atoms with E-state index >= 15 is 0 Å². The van der Waals surface area contributed by atoms with E-state index in [1.54, 1.807) is 24.5 Å². The van der Waals surface area contributed by atoms with Crippen LogP contribution in [0.1, 0.15) is 6.42 Å². The van der Waals surface area contributed by atoms with Gasteiger partial charge in [0.25, 0.3) is 0 Å². The van der Waals surface area contributed by atoms with Gasteiger partial charge < -0.3 is 15.2 Å². The number of pyridine rings is 1. The minimum Gasteiger partial charge on any atom is -0.486 e. The van der Waals surface area contributed by atoms with E-state index in [0.717, 1.165) is 0 Å². The molecule has 1 aromatic heterocycles. The van der Waals surface area contributed by atoms with Crippen LogP contribution >= 0.6 is 0 Å². The van der Waals surface area contributed by atoms with E-state index in [0.29, 0.717) is 5.75 Å². The summed E-state index contributed by atoms with van der Waals surface area (Å²) in [5.74, 6) is -0.799. The molecule has 92 valence electrons. The molecule has 2 N–H and O–H groups in total. The van der Waals surface area contributed by atoms with Crippen molar-refractivity contribution in [3.05, 3.63) is 24.5 Å². The summed E-state index contributed by atoms with van der Waals surface area (Å²) >= 11 is 0. The number of likely N-dealkylation sites (N-methyl/N-ethyl adjacent to an activating group) is 1. The number of carboxylic acid groups (broad SMARTS) is 1. The van der Waals surface area contributed by atoms with Crippen LogP contribution in [0, 0.1) is 0 Å². The van der Waals surface area contributed by atoms with Crippen LogP contribution in [-0.4, -0.2) is 41.5 Å². The van der Waals surface area contributed by atoms with E-state index in [4.69, 9.17) is 9.84 Å². The van der Waals surface area contributed by atoms with Crippen LogP contribution in [0.25, 0.3) is 0 Å². The first-order valence-electron chi connectivity index (χ1n) is 5.08. The van der Waals surface area contributed by atoms with Crippen molar-refractivity contribution in [3.8, 4) is 5.75 Å². The van der Waals surface area contributed by atoms with E-state index < -0.39 is 12.0 Å². The number of nitrogens with zero attached hydrogens (tertiary/aromatic N) is 1. The average molecular weight is 238 g/mol. The molecule has 1 heterocycles. The molecule has 0 spiro atoms. The zero-order chi connectivity index (χ0) is 12.7. The molecule has 0 unspecified atom stereocenters. The van der Waals surface area contributed by atoms with Gasteiger partial charge >= 0.3 is 5.97 Å². The lowest BCUT2D eigenvalue weighted by Gasteiger charge is -2.13. The van der Waals surface area contributed by atoms with Gasteiger partial charge in [-0.15, -0.1) is 0 Å². The van der Waals surface area contributed by atoms with Crippen LogP contribution in [0.5, 0.6) is 5.75 Å². The second-order valence-electron chi connectivity index (χ2n) is 3.38. The number of ketones is 1. The Labute approximate surface area is 98.6 Å². The number of rotatable bonds is 7. The third-order valence-corrected chi connectivity index (χ3v) is 2.15. The number of aliphatic carboxylic acids is 1. The number of Topliss-reactive ketones (excluding diaryl/α,β-unsaturated/α-hetero) is 1. The van der Waals surface area contributed by atoms with Gasteiger partial charge in [0.1, 0.15) is 12.4 Å². The fourth-order valence-corrected chi connectivity index (χ4v) is 1.24. The van der Waals surface area contributed by atoms with Crippen molar-refractivity contribution in [2.45, 2.75) is 12.5 Å². The molecule has 0 aliphatic rings. The minimum absolute atomic E-state index is 0.164. The van der Waals surface area contributed by atoms with Crippen molar-refractivity contribution in [3.63, 3.8) is 0 Å². The summed E-state index contributed by atoms with van der Waals surface area (Å²) in [5, 5.41) is 11.3. The standard InChI is InChI=1S/C11H14N2O4/c1-12-9(6-11(15)16)10(14)7-17-8-2-4-13-5-3-8/h2-5,9,12H,6-7H2,1H3,(H,15,16)/t9-/m0/s1. The fraction of sp³-hybridized carbons (Fsp3) is 0.364. The summed E-state index contributed by atoms with van der Waals surface area (Å²) in [6, 6.07) is 2.52. The van der Waals surface area contributed by atoms with E-state index in [9.17, 15) is 9.59 Å². The normalized spacial score (nSPS) is 11.8. The molecular formula is C11H14N2O4. The predicted molar refractivity (Wildman–Crippen MR) is 59.8 cm³/mol. The predicted octanol–water partition coefficient (Wildman–Crippen LogP) is 0.0922. The van der Waals surface area contributed by atoms with Gasteiger partial charge in [-0.05, 0) is 19.2 Å². The van der Waals surface area contributed by atoms with E-state index in [1.165, 1.54) is 7.05 Å². The van der Waals surface area contributed by atoms with Crippen LogP contribution in [0.15, 0.2) is 24.5 Å². The summed E-state index contributed by atoms with van der Waals surface area (Å²) in [6.07, 6.45) is 2.84. The Kier molecular flexibility index (Phi) is 5.09. The second kappa shape index (κ2) is 6.59. The van der Waals surface area contributed by atoms with Gasteiger partial charge in [0.05, 0.1) is 12.5 Å². The number of hydrogen-bond donors (Lipinski definition) is 2. The molecule has 6 heteroatoms. The van der Waals surface area contributed by atoms with E-state index in [-0.39, 0.29) is 18.8 Å². The van der Waals surface area contributed by atoms with Gasteiger partial charge in [0.2, 0.25) is 0 Å². The summed E-state index contributed by atoms with van der Waals surface area (Å²) in [7, 11) is 1.54. The lowest BCUT2D eigenvalue weighted by Crippen LogP contribution is -2.39. The molecule has 0 saturated carbocycles. The Bertz CT molecular complexity index is 380. The minimum atomic E-state index is -1.03. The molecule has 0 saturated heterocycles. The molecule has 17 heavy (non-hydrogen) atoms. The van der Waals surface area contributed by atoms with Crippen LogP contribution in [0.2, 0.25) is 0 Å². The fourth-order valence-electron chi connectivity index (χ4n) is 1.24. The Morgan fingerprint density at radius 2 is 2.12 bits per heavy atom. The molecule has 6 nitrogen and oxygen atoms in total. The molecule has 0 aromatic carbocycles. The molecule has 0 aliphatic heterocycles. The maximum Gasteiger partial charge on any atom is 0.305 e. The number of carbonyl (C=O) groups excluding carboxylic acids is 1. The summed E-state index contributed by atoms with van der Waals surface area (Å²) < 4.78 is 5.21. The molecule has 0 radical (unpaired) electrons. The van der Waals surface area contributed by atoms with Crippen molar-refractivity contribution in [1.29, 1.82) is 0 Å². The largest absolute Gasteiger partial charge is 0.486 e. The Hall–Kier alpha value is -1.95. The number of carbonyl (C=O) groups is 2. The molecule has 1 rings (SSSR count). The van der Waals surface area contributed by atoms with Gasteiger partial charge in [-0.1, -0.05) is 0 Å². The lowest BCUT2D eigenvalue weighted by atomic mass is 10.1. The molecule has 0 fully saturated rings. The van der Waals surface area contributed by atoms with Gasteiger partial charge in [-0.3, -0.25) is 14.6 Å². The highest BCUT2D eigenvalue weighted by Gasteiger charge is 2.19. The van der Waals surface area contributed by atoms with E-state index in [1.807, 2.05) is 0 Å². The van der Waals surface area contributed by atoms with Crippen LogP contribution in [-0.2, 0) is 9.59 Å². The highest BCUT2D eigenvalue weighted by Crippen LogP contribution is 2.07. The SMILES string of the molecule is CN[C@@H](CC(=O)O)C(=O)COc1ccncc1. The van der Waals surface area contributed by atoms with Crippen LogP contribution in [0.4, 0.5) is 0 Å². The molecule has 0 aliphatic carbocycles. The third kappa shape index (κ3) is 4.60. The van der Waals surface area contributed by atoms with Gasteiger partial charge in [0.15, 0.2) is 5.78 Å². The average Bonchev–Trinajstić information content (AvgIpc) is 2.34. The third-order valence-electron chi connectivity index (χ3n) is 2.15. The molecule has 0 amide bonds. The molecular weight excluding hydrogens is 224 g/mol. The first kappa shape index (κ1) is 13.1. The number of carboxylic acids is 1. The van der Waals surface area contributed by atoms with Gasteiger partial charge in [0, 0.05) is 12.4 Å². The van der Waals surface area contributed by atoms with Crippen molar-refractivity contribution < 1.29 is 19.4 Å². The molecule has 1 atom stereocenters. The lowest BCUT2D eigenvalue weighted by molar-refractivity contribution is -0.139. The van der Waals surface area contributed by atoms with Crippen LogP contribution < -0.4 is 10.1 Å². The Morgan fingerprint density at radius 1 is 1.47 bits per heavy atom. The number of hydrogen-bond acceptors (Lipinski definition) is 5. The summed E-state index contributed by atoms with van der Waals surface area (Å²) in [5.41, 5.74) is 0. The summed E-state index contributed by atoms with van der Waals surface area (Å²) in [4.78, 5) is 25.9. The Balaban J connectivity index is 2.45. The smallest absolute Gasteiger partial charge is 0.305 e. The monoisotopic (exact) mass is 238 g/mol. The first-order valence-corrected chi connectivity index (χ1v) is 5.08. The zero-order valence-electron chi connectivity index (χ0n) is 9.42. The molecule has 0 bridgehead atoms. The Morgan fingerprint density at radius 3 is 2.65 bits per heavy atom. The number of ether oxygens (including phenoxy) is 1. The molecule has 1 aromatic rings. The topological polar surface area (TPSA) is 88.5 Å². The van der Waals surface area contributed by atoms with Crippen molar-refractivity contribution in [2.75, 3.05) is 13.7 Å². The first-order chi connectivity index (χ1) is 8.13. The van der Waals surface area contributed by atoms with Crippen LogP contribution in [0.3, 0.4) is 0 Å². The zero-order valence-corrected chi connectivity index (χ0v) is 9.42. The maximum atomic E-state index is 11.6. The quantitative estimate of drug-likeness (QED) is 0.700. The van der Waals surface area contributed by atoms with Crippen molar-refractivity contribution in [2.24, 2.45) is 0 Å². The van der Waals surface area contributed by atoms with Crippen molar-refractivity contribution >= 4 is 11.8 Å². The second-order valence-corrected chi connectivity index (χ2v) is 3.38.